The molecule has 2 N–H and O–H groups in total. The molecule has 0 heterocycles. The van der Waals surface area contributed by atoms with E-state index in [-0.39, 0.29) is 37.1 Å². The minimum absolute atomic E-state index is 0.0966. The summed E-state index contributed by atoms with van der Waals surface area (Å²) in [5.74, 6) is -1.61. The number of hydrogen-bond donors (Lipinski definition) is 2. The van der Waals surface area contributed by atoms with Gasteiger partial charge in [0.25, 0.3) is 0 Å². The predicted molar refractivity (Wildman–Crippen MR) is 147 cm³/mol. The van der Waals surface area contributed by atoms with Gasteiger partial charge in [0.2, 0.25) is 11.8 Å². The molecular weight excluding hydrogens is 484 g/mol. The Hall–Kier alpha value is -4.72. The molecule has 0 radical (unpaired) electrons. The molecule has 2 rings (SSSR count). The number of rotatable bonds is 14. The molecule has 0 bridgehead atoms. The smallest absolute Gasteiger partial charge is 0.330 e. The van der Waals surface area contributed by atoms with Crippen molar-refractivity contribution in [3.05, 3.63) is 122 Å². The molecule has 0 aliphatic carbocycles. The maximum absolute atomic E-state index is 11.3. The van der Waals surface area contributed by atoms with E-state index in [1.807, 2.05) is 60.7 Å². The van der Waals surface area contributed by atoms with Gasteiger partial charge in [-0.15, -0.1) is 0 Å². The summed E-state index contributed by atoms with van der Waals surface area (Å²) in [6, 6.07) is 18.7. The lowest BCUT2D eigenvalue weighted by molar-refractivity contribution is -0.139. The molecule has 0 aromatic heterocycles. The van der Waals surface area contributed by atoms with Crippen LogP contribution in [0.25, 0.3) is 0 Å². The highest BCUT2D eigenvalue weighted by molar-refractivity contribution is 5.87. The van der Waals surface area contributed by atoms with Gasteiger partial charge >= 0.3 is 11.9 Å². The fraction of sp³-hybridized carbons (Fsp3) is 0.200. The monoisotopic (exact) mass is 518 g/mol. The van der Waals surface area contributed by atoms with Crippen molar-refractivity contribution in [1.29, 1.82) is 0 Å². The van der Waals surface area contributed by atoms with Crippen molar-refractivity contribution in [2.45, 2.75) is 24.9 Å². The average molecular weight is 519 g/mol. The molecule has 2 amide bonds. The number of carbonyl (C=O) groups is 4. The molecule has 0 spiro atoms. The third kappa shape index (κ3) is 14.0. The largest absolute Gasteiger partial charge is 0.460 e. The summed E-state index contributed by atoms with van der Waals surface area (Å²) in [4.78, 5) is 44.8. The van der Waals surface area contributed by atoms with E-state index in [4.69, 9.17) is 9.47 Å². The first kappa shape index (κ1) is 31.3. The molecule has 0 fully saturated rings. The lowest BCUT2D eigenvalue weighted by Gasteiger charge is -2.17. The lowest BCUT2D eigenvalue weighted by Crippen LogP contribution is -2.39. The third-order valence-corrected chi connectivity index (χ3v) is 4.90. The summed E-state index contributed by atoms with van der Waals surface area (Å²) in [5.41, 5.74) is 2.10. The van der Waals surface area contributed by atoms with Crippen LogP contribution in [0.1, 0.15) is 11.1 Å². The Labute approximate surface area is 223 Å². The van der Waals surface area contributed by atoms with Gasteiger partial charge in [-0.25, -0.2) is 9.59 Å². The summed E-state index contributed by atoms with van der Waals surface area (Å²) >= 11 is 0. The van der Waals surface area contributed by atoms with Crippen molar-refractivity contribution in [2.24, 2.45) is 0 Å². The second-order valence-electron chi connectivity index (χ2n) is 7.87. The number of hydrogen-bond acceptors (Lipinski definition) is 6. The van der Waals surface area contributed by atoms with Crippen molar-refractivity contribution in [3.63, 3.8) is 0 Å². The molecule has 38 heavy (non-hydrogen) atoms. The number of ether oxygens (including phenoxy) is 2. The van der Waals surface area contributed by atoms with Gasteiger partial charge in [0.1, 0.15) is 13.2 Å². The molecule has 8 nitrogen and oxygen atoms in total. The lowest BCUT2D eigenvalue weighted by atomic mass is 10.1. The van der Waals surface area contributed by atoms with Gasteiger partial charge in [-0.2, -0.15) is 0 Å². The molecule has 0 saturated carbocycles. The quantitative estimate of drug-likeness (QED) is 0.293. The van der Waals surface area contributed by atoms with Gasteiger partial charge < -0.3 is 20.1 Å². The topological polar surface area (TPSA) is 111 Å². The predicted octanol–water partition coefficient (Wildman–Crippen LogP) is 3.26. The van der Waals surface area contributed by atoms with Crippen molar-refractivity contribution in [2.75, 3.05) is 13.2 Å². The Bertz CT molecular complexity index is 995. The number of benzene rings is 2. The highest BCUT2D eigenvalue weighted by Gasteiger charge is 2.14. The first-order valence-corrected chi connectivity index (χ1v) is 11.8. The Morgan fingerprint density at radius 3 is 1.24 bits per heavy atom. The van der Waals surface area contributed by atoms with Gasteiger partial charge in [0, 0.05) is 12.2 Å². The molecule has 0 aliphatic rings. The maximum Gasteiger partial charge on any atom is 0.330 e. The molecule has 0 saturated heterocycles. The number of amides is 2. The molecule has 2 aromatic carbocycles. The van der Waals surface area contributed by atoms with Gasteiger partial charge in [-0.3, -0.25) is 9.59 Å². The number of nitrogens with one attached hydrogen (secondary N) is 2. The van der Waals surface area contributed by atoms with E-state index >= 15 is 0 Å². The molecule has 2 aromatic rings. The van der Waals surface area contributed by atoms with E-state index in [0.717, 1.165) is 23.3 Å². The van der Waals surface area contributed by atoms with Crippen molar-refractivity contribution >= 4 is 23.8 Å². The van der Waals surface area contributed by atoms with Crippen molar-refractivity contribution in [3.8, 4) is 0 Å². The first-order chi connectivity index (χ1) is 18.3. The summed E-state index contributed by atoms with van der Waals surface area (Å²) in [5, 5.41) is 5.45. The van der Waals surface area contributed by atoms with Crippen LogP contribution in [0, 0.1) is 0 Å². The van der Waals surface area contributed by atoms with E-state index in [9.17, 15) is 19.2 Å². The van der Waals surface area contributed by atoms with Gasteiger partial charge in [0.15, 0.2) is 0 Å². The molecule has 2 atom stereocenters. The molecule has 0 aliphatic heterocycles. The minimum Gasteiger partial charge on any atom is -0.460 e. The van der Waals surface area contributed by atoms with Gasteiger partial charge in [0.05, 0.1) is 12.1 Å². The van der Waals surface area contributed by atoms with E-state index in [1.165, 1.54) is 12.2 Å². The fourth-order valence-corrected chi connectivity index (χ4v) is 3.10. The van der Waals surface area contributed by atoms with E-state index in [1.54, 1.807) is 0 Å². The number of carbonyl (C=O) groups excluding carboxylic acids is 4. The van der Waals surface area contributed by atoms with E-state index in [0.29, 0.717) is 12.8 Å². The normalized spacial score (nSPS) is 11.2. The van der Waals surface area contributed by atoms with E-state index in [2.05, 4.69) is 36.9 Å². The molecule has 8 heteroatoms. The van der Waals surface area contributed by atoms with Crippen LogP contribution < -0.4 is 10.6 Å². The molecule has 200 valence electrons. The van der Waals surface area contributed by atoms with E-state index < -0.39 is 11.9 Å². The fourth-order valence-electron chi connectivity index (χ4n) is 3.10. The summed E-state index contributed by atoms with van der Waals surface area (Å²) in [6.45, 7) is 13.6. The van der Waals surface area contributed by atoms with Crippen LogP contribution in [0.2, 0.25) is 0 Å². The zero-order valence-electron chi connectivity index (χ0n) is 21.3. The second kappa shape index (κ2) is 18.5. The van der Waals surface area contributed by atoms with Gasteiger partial charge in [-0.1, -0.05) is 87.0 Å². The van der Waals surface area contributed by atoms with Crippen LogP contribution in [-0.2, 0) is 41.5 Å². The Balaban J connectivity index is 0.000000380. The highest BCUT2D eigenvalue weighted by atomic mass is 16.5. The third-order valence-electron chi connectivity index (χ3n) is 4.90. The maximum atomic E-state index is 11.3. The zero-order chi connectivity index (χ0) is 28.2. The van der Waals surface area contributed by atoms with Crippen LogP contribution in [0.5, 0.6) is 0 Å². The Morgan fingerprint density at radius 2 is 0.947 bits per heavy atom. The zero-order valence-corrected chi connectivity index (χ0v) is 21.3. The van der Waals surface area contributed by atoms with Crippen LogP contribution in [0.15, 0.2) is 111 Å². The average Bonchev–Trinajstić information content (AvgIpc) is 2.95. The van der Waals surface area contributed by atoms with Crippen LogP contribution in [0.4, 0.5) is 0 Å². The van der Waals surface area contributed by atoms with Crippen LogP contribution >= 0.6 is 0 Å². The summed E-state index contributed by atoms with van der Waals surface area (Å²) in [7, 11) is 0. The minimum atomic E-state index is -0.508. The first-order valence-electron chi connectivity index (χ1n) is 11.8. The highest BCUT2D eigenvalue weighted by Crippen LogP contribution is 2.05. The van der Waals surface area contributed by atoms with Crippen molar-refractivity contribution in [1.82, 2.24) is 10.6 Å². The SMILES string of the molecule is C=CC(=O)N[C@H](COC(=O)C=C)Cc1ccccc1.C=CC(=O)N[C@H](COC(=O)C=C)Cc1ccccc1. The summed E-state index contributed by atoms with van der Waals surface area (Å²) in [6.07, 6.45) is 5.71. The van der Waals surface area contributed by atoms with Crippen molar-refractivity contribution < 1.29 is 28.7 Å². The molecular formula is C30H34N2O6. The van der Waals surface area contributed by atoms with Crippen LogP contribution in [-0.4, -0.2) is 49.1 Å². The van der Waals surface area contributed by atoms with Crippen LogP contribution in [0.3, 0.4) is 0 Å². The van der Waals surface area contributed by atoms with Gasteiger partial charge in [-0.05, 0) is 36.1 Å². The molecule has 0 unspecified atom stereocenters. The standard InChI is InChI=1S/2C15H17NO3/c2*1-3-14(17)16-13(11-19-15(18)4-2)10-12-8-6-5-7-9-12/h2*3-9,13H,1-2,10-11H2,(H,16,17)/t2*13-/m00/s1. The Morgan fingerprint density at radius 1 is 0.605 bits per heavy atom. The number of esters is 2. The Kier molecular flexibility index (Phi) is 15.3. The second-order valence-corrected chi connectivity index (χ2v) is 7.87. The summed E-state index contributed by atoms with van der Waals surface area (Å²) < 4.78 is 9.93.